The minimum atomic E-state index is -0.230. The summed E-state index contributed by atoms with van der Waals surface area (Å²) < 4.78 is 10.3. The first-order chi connectivity index (χ1) is 12.2. The number of hydrogen-bond acceptors (Lipinski definition) is 5. The molecule has 2 N–H and O–H groups in total. The van der Waals surface area contributed by atoms with Crippen LogP contribution in [0.3, 0.4) is 0 Å². The highest BCUT2D eigenvalue weighted by Crippen LogP contribution is 2.13. The summed E-state index contributed by atoms with van der Waals surface area (Å²) in [5, 5.41) is 6.68. The van der Waals surface area contributed by atoms with Crippen molar-refractivity contribution in [2.75, 3.05) is 33.9 Å². The van der Waals surface area contributed by atoms with Gasteiger partial charge in [-0.3, -0.25) is 4.99 Å². The van der Waals surface area contributed by atoms with Crippen LogP contribution in [0.2, 0.25) is 0 Å². The molecule has 1 aliphatic rings. The molecule has 2 heterocycles. The van der Waals surface area contributed by atoms with E-state index in [2.05, 4.69) is 20.6 Å². The summed E-state index contributed by atoms with van der Waals surface area (Å²) in [4.78, 5) is 21.9. The SMILES string of the molecule is CCOC(=O)N1CCC(NC(=NC)NCc2cccnc2OC)CC1.I. The number of guanidine groups is 1. The van der Waals surface area contributed by atoms with E-state index < -0.39 is 0 Å². The van der Waals surface area contributed by atoms with Gasteiger partial charge in [0.2, 0.25) is 5.88 Å². The monoisotopic (exact) mass is 477 g/mol. The molecule has 0 radical (unpaired) electrons. The number of ether oxygens (including phenoxy) is 2. The molecular weight excluding hydrogens is 449 g/mol. The number of carbonyl (C=O) groups excluding carboxylic acids is 1. The van der Waals surface area contributed by atoms with Crippen LogP contribution in [0.25, 0.3) is 0 Å². The lowest BCUT2D eigenvalue weighted by Gasteiger charge is -2.32. The molecule has 146 valence electrons. The number of halogens is 1. The highest BCUT2D eigenvalue weighted by atomic mass is 127. The van der Waals surface area contributed by atoms with Gasteiger partial charge in [0.15, 0.2) is 5.96 Å². The summed E-state index contributed by atoms with van der Waals surface area (Å²) in [5.41, 5.74) is 0.963. The first-order valence-electron chi connectivity index (χ1n) is 8.54. The van der Waals surface area contributed by atoms with Crippen LogP contribution in [-0.4, -0.2) is 61.8 Å². The number of methoxy groups -OCH3 is 1. The lowest BCUT2D eigenvalue weighted by atomic mass is 10.1. The van der Waals surface area contributed by atoms with Crippen molar-refractivity contribution in [3.8, 4) is 5.88 Å². The average molecular weight is 477 g/mol. The number of hydrogen-bond donors (Lipinski definition) is 2. The number of aromatic nitrogens is 1. The number of carbonyl (C=O) groups is 1. The van der Waals surface area contributed by atoms with Crippen molar-refractivity contribution in [1.82, 2.24) is 20.5 Å². The topological polar surface area (TPSA) is 88.1 Å². The zero-order chi connectivity index (χ0) is 18.1. The lowest BCUT2D eigenvalue weighted by molar-refractivity contribution is 0.0963. The normalized spacial score (nSPS) is 15.0. The van der Waals surface area contributed by atoms with Gasteiger partial charge in [0.05, 0.1) is 13.7 Å². The molecule has 2 rings (SSSR count). The standard InChI is InChI=1S/C17H27N5O3.HI/c1-4-25-17(23)22-10-7-14(8-11-22)21-16(18-2)20-12-13-6-5-9-19-15(13)24-3;/h5-6,9,14H,4,7-8,10-12H2,1-3H3,(H2,18,20,21);1H. The molecule has 0 spiro atoms. The second kappa shape index (κ2) is 11.8. The van der Waals surface area contributed by atoms with Gasteiger partial charge < -0.3 is 25.0 Å². The molecule has 9 heteroatoms. The Hall–Kier alpha value is -1.78. The first-order valence-corrected chi connectivity index (χ1v) is 8.54. The van der Waals surface area contributed by atoms with Gasteiger partial charge in [-0.1, -0.05) is 6.07 Å². The van der Waals surface area contributed by atoms with E-state index in [0.29, 0.717) is 32.1 Å². The van der Waals surface area contributed by atoms with E-state index in [-0.39, 0.29) is 36.1 Å². The van der Waals surface area contributed by atoms with Crippen LogP contribution < -0.4 is 15.4 Å². The van der Waals surface area contributed by atoms with Crippen molar-refractivity contribution in [3.63, 3.8) is 0 Å². The Morgan fingerprint density at radius 1 is 1.42 bits per heavy atom. The second-order valence-corrected chi connectivity index (χ2v) is 5.70. The number of pyridine rings is 1. The Kier molecular flexibility index (Phi) is 10.1. The molecule has 0 saturated carbocycles. The maximum Gasteiger partial charge on any atom is 0.409 e. The molecular formula is C17H28IN5O3. The lowest BCUT2D eigenvalue weighted by Crippen LogP contribution is -2.49. The van der Waals surface area contributed by atoms with Gasteiger partial charge in [-0.15, -0.1) is 24.0 Å². The second-order valence-electron chi connectivity index (χ2n) is 5.70. The Balaban J connectivity index is 0.00000338. The Bertz CT molecular complexity index is 592. The third kappa shape index (κ3) is 6.50. The van der Waals surface area contributed by atoms with Gasteiger partial charge in [0.25, 0.3) is 0 Å². The van der Waals surface area contributed by atoms with Gasteiger partial charge >= 0.3 is 6.09 Å². The molecule has 0 aromatic carbocycles. The van der Waals surface area contributed by atoms with E-state index in [1.165, 1.54) is 0 Å². The highest BCUT2D eigenvalue weighted by Gasteiger charge is 2.24. The predicted molar refractivity (Wildman–Crippen MR) is 111 cm³/mol. The number of rotatable bonds is 5. The fourth-order valence-corrected chi connectivity index (χ4v) is 2.73. The van der Waals surface area contributed by atoms with Crippen LogP contribution in [0.1, 0.15) is 25.3 Å². The van der Waals surface area contributed by atoms with E-state index in [1.54, 1.807) is 25.3 Å². The number of piperidine rings is 1. The minimum absolute atomic E-state index is 0. The molecule has 0 aliphatic carbocycles. The summed E-state index contributed by atoms with van der Waals surface area (Å²) in [6.45, 7) is 4.16. The maximum absolute atomic E-state index is 11.7. The van der Waals surface area contributed by atoms with Gasteiger partial charge in [-0.05, 0) is 25.8 Å². The summed E-state index contributed by atoms with van der Waals surface area (Å²) in [7, 11) is 3.35. The van der Waals surface area contributed by atoms with Crippen LogP contribution in [-0.2, 0) is 11.3 Å². The van der Waals surface area contributed by atoms with E-state index in [9.17, 15) is 4.79 Å². The van der Waals surface area contributed by atoms with Crippen molar-refractivity contribution in [2.45, 2.75) is 32.4 Å². The molecule has 1 amide bonds. The van der Waals surface area contributed by atoms with Crippen molar-refractivity contribution in [3.05, 3.63) is 23.9 Å². The van der Waals surface area contributed by atoms with Crippen LogP contribution in [0.4, 0.5) is 4.79 Å². The number of amides is 1. The van der Waals surface area contributed by atoms with Crippen LogP contribution in [0, 0.1) is 0 Å². The summed E-state index contributed by atoms with van der Waals surface area (Å²) in [5.74, 6) is 1.33. The summed E-state index contributed by atoms with van der Waals surface area (Å²) >= 11 is 0. The number of likely N-dealkylation sites (tertiary alicyclic amines) is 1. The molecule has 26 heavy (non-hydrogen) atoms. The third-order valence-electron chi connectivity index (χ3n) is 4.08. The van der Waals surface area contributed by atoms with Crippen LogP contribution >= 0.6 is 24.0 Å². The van der Waals surface area contributed by atoms with Gasteiger partial charge in [-0.25, -0.2) is 9.78 Å². The summed E-state index contributed by atoms with van der Waals surface area (Å²) in [6.07, 6.45) is 3.19. The van der Waals surface area contributed by atoms with E-state index in [1.807, 2.05) is 19.1 Å². The van der Waals surface area contributed by atoms with E-state index in [4.69, 9.17) is 9.47 Å². The fraction of sp³-hybridized carbons (Fsp3) is 0.588. The molecule has 8 nitrogen and oxygen atoms in total. The molecule has 1 aliphatic heterocycles. The van der Waals surface area contributed by atoms with Crippen molar-refractivity contribution >= 4 is 36.0 Å². The number of nitrogens with one attached hydrogen (secondary N) is 2. The zero-order valence-electron chi connectivity index (χ0n) is 15.5. The summed E-state index contributed by atoms with van der Waals surface area (Å²) in [6, 6.07) is 4.11. The molecule has 0 atom stereocenters. The molecule has 0 bridgehead atoms. The fourth-order valence-electron chi connectivity index (χ4n) is 2.73. The van der Waals surface area contributed by atoms with Crippen molar-refractivity contribution in [2.24, 2.45) is 4.99 Å². The van der Waals surface area contributed by atoms with Gasteiger partial charge in [0, 0.05) is 44.5 Å². The Labute approximate surface area is 171 Å². The molecule has 0 unspecified atom stereocenters. The smallest absolute Gasteiger partial charge is 0.409 e. The predicted octanol–water partition coefficient (Wildman–Crippen LogP) is 1.99. The average Bonchev–Trinajstić information content (AvgIpc) is 2.66. The minimum Gasteiger partial charge on any atom is -0.481 e. The quantitative estimate of drug-likeness (QED) is 0.383. The molecule has 1 aromatic heterocycles. The Morgan fingerprint density at radius 3 is 2.77 bits per heavy atom. The van der Waals surface area contributed by atoms with Crippen LogP contribution in [0.5, 0.6) is 5.88 Å². The van der Waals surface area contributed by atoms with Gasteiger partial charge in [-0.2, -0.15) is 0 Å². The highest BCUT2D eigenvalue weighted by molar-refractivity contribution is 14.0. The molecule has 1 fully saturated rings. The molecule has 1 aromatic rings. The molecule has 1 saturated heterocycles. The van der Waals surface area contributed by atoms with Crippen molar-refractivity contribution in [1.29, 1.82) is 0 Å². The first kappa shape index (κ1) is 22.3. The van der Waals surface area contributed by atoms with Crippen LogP contribution in [0.15, 0.2) is 23.3 Å². The van der Waals surface area contributed by atoms with Gasteiger partial charge in [0.1, 0.15) is 0 Å². The number of nitrogens with zero attached hydrogens (tertiary/aromatic N) is 3. The van der Waals surface area contributed by atoms with E-state index >= 15 is 0 Å². The largest absolute Gasteiger partial charge is 0.481 e. The van der Waals surface area contributed by atoms with Crippen molar-refractivity contribution < 1.29 is 14.3 Å². The Morgan fingerprint density at radius 2 is 2.15 bits per heavy atom. The van der Waals surface area contributed by atoms with E-state index in [0.717, 1.165) is 24.4 Å². The zero-order valence-corrected chi connectivity index (χ0v) is 17.9. The third-order valence-corrected chi connectivity index (χ3v) is 4.08. The number of aliphatic imine (C=N–C) groups is 1. The maximum atomic E-state index is 11.7.